The molecule has 18 heavy (non-hydrogen) atoms. The van der Waals surface area contributed by atoms with E-state index in [9.17, 15) is 0 Å². The maximum absolute atomic E-state index is 5.98. The third-order valence-electron chi connectivity index (χ3n) is 3.40. The van der Waals surface area contributed by atoms with Gasteiger partial charge in [-0.05, 0) is 66.0 Å². The molecule has 1 heterocycles. The zero-order valence-corrected chi connectivity index (χ0v) is 13.1. The smallest absolute Gasteiger partial charge is 0.0511 e. The van der Waals surface area contributed by atoms with E-state index in [-0.39, 0.29) is 0 Å². The molecule has 1 aliphatic rings. The number of hydrogen-bond donors (Lipinski definition) is 1. The van der Waals surface area contributed by atoms with Crippen LogP contribution in [-0.2, 0) is 0 Å². The molecule has 1 atom stereocenters. The van der Waals surface area contributed by atoms with Crippen molar-refractivity contribution in [1.82, 2.24) is 5.32 Å². The Morgan fingerprint density at radius 3 is 3.06 bits per heavy atom. The van der Waals surface area contributed by atoms with Crippen LogP contribution in [0.15, 0.2) is 22.7 Å². The molecule has 0 aliphatic carbocycles. The Hall–Kier alpha value is -0.250. The molecular weight excluding hydrogens is 312 g/mol. The molecular formula is C14H20BrClN2. The third-order valence-corrected chi connectivity index (χ3v) is 4.27. The van der Waals surface area contributed by atoms with Crippen LogP contribution in [0.1, 0.15) is 19.8 Å². The zero-order valence-electron chi connectivity index (χ0n) is 10.8. The molecule has 1 aromatic rings. The highest BCUT2D eigenvalue weighted by molar-refractivity contribution is 9.10. The van der Waals surface area contributed by atoms with Gasteiger partial charge in [0.1, 0.15) is 0 Å². The lowest BCUT2D eigenvalue weighted by atomic mass is 10.1. The van der Waals surface area contributed by atoms with Crippen LogP contribution in [0, 0.1) is 5.92 Å². The van der Waals surface area contributed by atoms with E-state index < -0.39 is 0 Å². The van der Waals surface area contributed by atoms with Gasteiger partial charge in [-0.15, -0.1) is 0 Å². The SMILES string of the molecule is CCCNCC1CCN(c2ccc(Cl)cc2Br)C1. The molecule has 1 fully saturated rings. The largest absolute Gasteiger partial charge is 0.370 e. The van der Waals surface area contributed by atoms with Crippen molar-refractivity contribution in [3.63, 3.8) is 0 Å². The van der Waals surface area contributed by atoms with E-state index in [2.05, 4.69) is 39.1 Å². The van der Waals surface area contributed by atoms with E-state index in [1.165, 1.54) is 18.5 Å². The first-order valence-corrected chi connectivity index (χ1v) is 7.78. The zero-order chi connectivity index (χ0) is 13.0. The van der Waals surface area contributed by atoms with Gasteiger partial charge in [-0.25, -0.2) is 0 Å². The maximum atomic E-state index is 5.98. The van der Waals surface area contributed by atoms with Crippen LogP contribution in [0.3, 0.4) is 0 Å². The molecule has 1 aliphatic heterocycles. The summed E-state index contributed by atoms with van der Waals surface area (Å²) >= 11 is 9.58. The van der Waals surface area contributed by atoms with E-state index in [4.69, 9.17) is 11.6 Å². The van der Waals surface area contributed by atoms with Crippen LogP contribution in [0.4, 0.5) is 5.69 Å². The topological polar surface area (TPSA) is 15.3 Å². The van der Waals surface area contributed by atoms with Gasteiger partial charge in [0.05, 0.1) is 5.69 Å². The fourth-order valence-electron chi connectivity index (χ4n) is 2.44. The first-order valence-electron chi connectivity index (χ1n) is 6.61. The summed E-state index contributed by atoms with van der Waals surface area (Å²) in [6, 6.07) is 6.04. The Morgan fingerprint density at radius 2 is 2.33 bits per heavy atom. The monoisotopic (exact) mass is 330 g/mol. The second-order valence-corrected chi connectivity index (χ2v) is 6.19. The number of halogens is 2. The molecule has 0 aromatic heterocycles. The summed E-state index contributed by atoms with van der Waals surface area (Å²) in [5.74, 6) is 0.763. The minimum absolute atomic E-state index is 0.763. The molecule has 2 nitrogen and oxygen atoms in total. The molecule has 0 spiro atoms. The van der Waals surface area contributed by atoms with Crippen molar-refractivity contribution in [2.24, 2.45) is 5.92 Å². The van der Waals surface area contributed by atoms with E-state index in [0.717, 1.165) is 41.6 Å². The number of nitrogens with one attached hydrogen (secondary N) is 1. The molecule has 0 saturated carbocycles. The Kier molecular flexibility index (Phi) is 5.34. The summed E-state index contributed by atoms with van der Waals surface area (Å²) in [6.45, 7) is 6.74. The van der Waals surface area contributed by atoms with Gasteiger partial charge in [0, 0.05) is 22.6 Å². The summed E-state index contributed by atoms with van der Waals surface area (Å²) in [7, 11) is 0. The molecule has 0 bridgehead atoms. The number of hydrogen-bond acceptors (Lipinski definition) is 2. The molecule has 1 aromatic carbocycles. The lowest BCUT2D eigenvalue weighted by molar-refractivity contribution is 0.516. The van der Waals surface area contributed by atoms with Crippen LogP contribution < -0.4 is 10.2 Å². The second-order valence-electron chi connectivity index (χ2n) is 4.90. The van der Waals surface area contributed by atoms with Gasteiger partial charge in [0.25, 0.3) is 0 Å². The van der Waals surface area contributed by atoms with Crippen molar-refractivity contribution in [2.45, 2.75) is 19.8 Å². The number of rotatable bonds is 5. The molecule has 0 amide bonds. The first-order chi connectivity index (χ1) is 8.70. The van der Waals surface area contributed by atoms with E-state index in [1.807, 2.05) is 12.1 Å². The van der Waals surface area contributed by atoms with Gasteiger partial charge in [0.2, 0.25) is 0 Å². The predicted molar refractivity (Wildman–Crippen MR) is 82.6 cm³/mol. The van der Waals surface area contributed by atoms with Gasteiger partial charge in [-0.2, -0.15) is 0 Å². The Bertz CT molecular complexity index is 397. The molecule has 1 unspecified atom stereocenters. The van der Waals surface area contributed by atoms with Crippen molar-refractivity contribution in [3.8, 4) is 0 Å². The van der Waals surface area contributed by atoms with Gasteiger partial charge in [0.15, 0.2) is 0 Å². The van der Waals surface area contributed by atoms with E-state index in [0.29, 0.717) is 0 Å². The number of benzene rings is 1. The summed E-state index contributed by atoms with van der Waals surface area (Å²) in [4.78, 5) is 2.44. The minimum atomic E-state index is 0.763. The van der Waals surface area contributed by atoms with Gasteiger partial charge in [-0.1, -0.05) is 18.5 Å². The van der Waals surface area contributed by atoms with Crippen molar-refractivity contribution < 1.29 is 0 Å². The van der Waals surface area contributed by atoms with Gasteiger partial charge < -0.3 is 10.2 Å². The summed E-state index contributed by atoms with van der Waals surface area (Å²) in [5, 5.41) is 4.30. The molecule has 0 radical (unpaired) electrons. The molecule has 1 N–H and O–H groups in total. The number of nitrogens with zero attached hydrogens (tertiary/aromatic N) is 1. The summed E-state index contributed by atoms with van der Waals surface area (Å²) in [6.07, 6.45) is 2.48. The standard InChI is InChI=1S/C14H20BrClN2/c1-2-6-17-9-11-5-7-18(10-11)14-4-3-12(16)8-13(14)15/h3-4,8,11,17H,2,5-7,9-10H2,1H3. The van der Waals surface area contributed by atoms with Crippen molar-refractivity contribution >= 4 is 33.2 Å². The fourth-order valence-corrected chi connectivity index (χ4v) is 3.37. The number of anilines is 1. The summed E-state index contributed by atoms with van der Waals surface area (Å²) < 4.78 is 1.09. The molecule has 100 valence electrons. The second kappa shape index (κ2) is 6.78. The highest BCUT2D eigenvalue weighted by atomic mass is 79.9. The highest BCUT2D eigenvalue weighted by Gasteiger charge is 2.23. The Labute approximate surface area is 123 Å². The maximum Gasteiger partial charge on any atom is 0.0511 e. The van der Waals surface area contributed by atoms with Crippen LogP contribution in [0.25, 0.3) is 0 Å². The highest BCUT2D eigenvalue weighted by Crippen LogP contribution is 2.32. The normalized spacial score (nSPS) is 19.5. The van der Waals surface area contributed by atoms with Crippen molar-refractivity contribution in [1.29, 1.82) is 0 Å². The molecule has 2 rings (SSSR count). The van der Waals surface area contributed by atoms with Gasteiger partial charge >= 0.3 is 0 Å². The minimum Gasteiger partial charge on any atom is -0.370 e. The lowest BCUT2D eigenvalue weighted by Crippen LogP contribution is -2.26. The van der Waals surface area contributed by atoms with Crippen LogP contribution >= 0.6 is 27.5 Å². The Balaban J connectivity index is 1.91. The Morgan fingerprint density at radius 1 is 1.50 bits per heavy atom. The van der Waals surface area contributed by atoms with Crippen LogP contribution in [0.2, 0.25) is 5.02 Å². The van der Waals surface area contributed by atoms with Crippen molar-refractivity contribution in [3.05, 3.63) is 27.7 Å². The molecule has 1 saturated heterocycles. The summed E-state index contributed by atoms with van der Waals surface area (Å²) in [5.41, 5.74) is 1.26. The fraction of sp³-hybridized carbons (Fsp3) is 0.571. The van der Waals surface area contributed by atoms with Crippen molar-refractivity contribution in [2.75, 3.05) is 31.1 Å². The van der Waals surface area contributed by atoms with Crippen LogP contribution in [-0.4, -0.2) is 26.2 Å². The van der Waals surface area contributed by atoms with Gasteiger partial charge in [-0.3, -0.25) is 0 Å². The van der Waals surface area contributed by atoms with E-state index in [1.54, 1.807) is 0 Å². The average molecular weight is 332 g/mol. The van der Waals surface area contributed by atoms with E-state index >= 15 is 0 Å². The predicted octanol–water partition coefficient (Wildman–Crippen LogP) is 3.93. The lowest BCUT2D eigenvalue weighted by Gasteiger charge is -2.20. The first kappa shape index (κ1) is 14.2. The third kappa shape index (κ3) is 3.62. The average Bonchev–Trinajstić information content (AvgIpc) is 2.78. The quantitative estimate of drug-likeness (QED) is 0.823. The van der Waals surface area contributed by atoms with Crippen LogP contribution in [0.5, 0.6) is 0 Å². The molecule has 4 heteroatoms.